The summed E-state index contributed by atoms with van der Waals surface area (Å²) in [6, 6.07) is 6.10. The molecule has 116 valence electrons. The lowest BCUT2D eigenvalue weighted by atomic mass is 10.1. The fourth-order valence-electron chi connectivity index (χ4n) is 2.00. The second-order valence-corrected chi connectivity index (χ2v) is 4.66. The summed E-state index contributed by atoms with van der Waals surface area (Å²) in [6.45, 7) is 0.989. The average molecular weight is 309 g/mol. The van der Waals surface area contributed by atoms with E-state index in [1.165, 1.54) is 12.1 Å². The summed E-state index contributed by atoms with van der Waals surface area (Å²) in [5.41, 5.74) is -0.0920. The van der Waals surface area contributed by atoms with Crippen LogP contribution in [0, 0.1) is 17.5 Å². The van der Waals surface area contributed by atoms with Crippen LogP contribution in [0.25, 0.3) is 0 Å². The van der Waals surface area contributed by atoms with Gasteiger partial charge in [-0.3, -0.25) is 4.79 Å². The van der Waals surface area contributed by atoms with E-state index in [0.717, 1.165) is 17.7 Å². The molecule has 0 atom stereocenters. The van der Waals surface area contributed by atoms with E-state index in [0.29, 0.717) is 6.42 Å². The first kappa shape index (κ1) is 16.0. The number of carbonyl (C=O) groups is 1. The molecule has 0 unspecified atom stereocenters. The van der Waals surface area contributed by atoms with Crippen LogP contribution in [-0.4, -0.2) is 17.5 Å². The molecule has 0 radical (unpaired) electrons. The molecule has 2 N–H and O–H groups in total. The topological polar surface area (TPSA) is 49.3 Å². The van der Waals surface area contributed by atoms with Crippen molar-refractivity contribution in [3.63, 3.8) is 0 Å². The van der Waals surface area contributed by atoms with Gasteiger partial charge in [-0.25, -0.2) is 13.2 Å². The summed E-state index contributed by atoms with van der Waals surface area (Å²) in [5.74, 6) is -3.93. The number of halogens is 3. The third-order valence-corrected chi connectivity index (χ3v) is 3.24. The zero-order valence-electron chi connectivity index (χ0n) is 11.8. The van der Waals surface area contributed by atoms with Crippen LogP contribution in [0.3, 0.4) is 0 Å². The van der Waals surface area contributed by atoms with Gasteiger partial charge in [0.15, 0.2) is 17.4 Å². The molecule has 0 aliphatic heterocycles. The maximum Gasteiger partial charge on any atom is 0.190 e. The number of aliphatic hydroxyl groups excluding tert-OH is 1. The number of carbonyl (C=O) groups excluding carboxylic acids is 1. The highest BCUT2D eigenvalue weighted by molar-refractivity contribution is 6.02. The van der Waals surface area contributed by atoms with E-state index in [9.17, 15) is 18.0 Å². The van der Waals surface area contributed by atoms with Crippen molar-refractivity contribution >= 4 is 17.2 Å². The molecule has 0 aliphatic rings. The van der Waals surface area contributed by atoms with Crippen LogP contribution in [0.2, 0.25) is 0 Å². The molecule has 0 heterocycles. The minimum atomic E-state index is -1.31. The molecule has 0 spiro atoms. The first-order chi connectivity index (χ1) is 10.5. The van der Waals surface area contributed by atoms with Gasteiger partial charge in [-0.1, -0.05) is 13.0 Å². The molecule has 2 aromatic carbocycles. The molecule has 2 rings (SSSR count). The molecular formula is C16H14F3NO2. The molecule has 0 aliphatic carbocycles. The highest BCUT2D eigenvalue weighted by atomic mass is 19.2. The van der Waals surface area contributed by atoms with Crippen LogP contribution < -0.4 is 5.32 Å². The molecule has 0 fully saturated rings. The van der Waals surface area contributed by atoms with Gasteiger partial charge in [0.2, 0.25) is 0 Å². The number of ketones is 1. The third kappa shape index (κ3) is 3.12. The lowest BCUT2D eigenvalue weighted by Crippen LogP contribution is -2.11. The Balaban J connectivity index is 2.48. The van der Waals surface area contributed by atoms with E-state index in [1.807, 2.05) is 6.92 Å². The summed E-state index contributed by atoms with van der Waals surface area (Å²) >= 11 is 0. The summed E-state index contributed by atoms with van der Waals surface area (Å²) in [5, 5.41) is 11.3. The smallest absolute Gasteiger partial charge is 0.190 e. The van der Waals surface area contributed by atoms with E-state index in [4.69, 9.17) is 5.11 Å². The largest absolute Gasteiger partial charge is 0.388 e. The van der Waals surface area contributed by atoms with E-state index >= 15 is 0 Å². The van der Waals surface area contributed by atoms with E-state index < -0.39 is 35.5 Å². The van der Waals surface area contributed by atoms with Crippen molar-refractivity contribution in [1.82, 2.24) is 0 Å². The lowest BCUT2D eigenvalue weighted by molar-refractivity contribution is 0.0904. The number of aliphatic hydroxyl groups is 1. The van der Waals surface area contributed by atoms with Gasteiger partial charge >= 0.3 is 0 Å². The van der Waals surface area contributed by atoms with Crippen LogP contribution in [0.4, 0.5) is 24.5 Å². The van der Waals surface area contributed by atoms with Crippen molar-refractivity contribution in [2.24, 2.45) is 0 Å². The lowest BCUT2D eigenvalue weighted by Gasteiger charge is -2.13. The summed E-state index contributed by atoms with van der Waals surface area (Å²) in [6.07, 6.45) is 0.625. The zero-order valence-corrected chi connectivity index (χ0v) is 11.8. The first-order valence-corrected chi connectivity index (χ1v) is 6.65. The van der Waals surface area contributed by atoms with Gasteiger partial charge in [0.1, 0.15) is 12.4 Å². The number of anilines is 2. The predicted octanol–water partition coefficient (Wildman–Crippen LogP) is 3.58. The molecule has 0 saturated heterocycles. The number of hydrogen-bond donors (Lipinski definition) is 2. The molecule has 0 amide bonds. The van der Waals surface area contributed by atoms with Gasteiger partial charge in [0.25, 0.3) is 0 Å². The Morgan fingerprint density at radius 3 is 2.45 bits per heavy atom. The van der Waals surface area contributed by atoms with E-state index in [1.54, 1.807) is 6.07 Å². The Labute approximate surface area is 125 Å². The number of Topliss-reactive ketones (excluding diaryl/α,β-unsaturated/α-hetero) is 1. The van der Waals surface area contributed by atoms with E-state index in [2.05, 4.69) is 5.32 Å². The molecule has 3 nitrogen and oxygen atoms in total. The number of hydrogen-bond acceptors (Lipinski definition) is 3. The monoisotopic (exact) mass is 309 g/mol. The quantitative estimate of drug-likeness (QED) is 0.830. The number of benzene rings is 2. The number of rotatable bonds is 5. The molecule has 0 saturated carbocycles. The maximum atomic E-state index is 14.0. The van der Waals surface area contributed by atoms with Crippen LogP contribution in [-0.2, 0) is 6.42 Å². The third-order valence-electron chi connectivity index (χ3n) is 3.24. The number of nitrogens with one attached hydrogen (secondary N) is 1. The van der Waals surface area contributed by atoms with Gasteiger partial charge < -0.3 is 10.4 Å². The van der Waals surface area contributed by atoms with Gasteiger partial charge in [0.05, 0.1) is 11.4 Å². The molecule has 2 aromatic rings. The minimum Gasteiger partial charge on any atom is -0.388 e. The highest BCUT2D eigenvalue weighted by Crippen LogP contribution is 2.28. The normalized spacial score (nSPS) is 10.6. The molecule has 0 aromatic heterocycles. The number of aryl methyl sites for hydroxylation is 1. The Bertz CT molecular complexity index is 717. The Morgan fingerprint density at radius 1 is 1.14 bits per heavy atom. The average Bonchev–Trinajstić information content (AvgIpc) is 2.52. The van der Waals surface area contributed by atoms with Crippen LogP contribution in [0.15, 0.2) is 30.3 Å². The van der Waals surface area contributed by atoms with E-state index in [-0.39, 0.29) is 11.3 Å². The van der Waals surface area contributed by atoms with Crippen molar-refractivity contribution in [3.05, 3.63) is 58.9 Å². The standard InChI is InChI=1S/C16H14F3NO2/c1-2-9-3-6-13(12(18)7-9)20-16-10(14(22)8-21)4-5-11(17)15(16)19/h3-7,20-21H,2,8H2,1H3. The van der Waals surface area contributed by atoms with Crippen molar-refractivity contribution in [3.8, 4) is 0 Å². The maximum absolute atomic E-state index is 14.0. The Kier molecular flexibility index (Phi) is 4.82. The van der Waals surface area contributed by atoms with Gasteiger partial charge in [0, 0.05) is 5.56 Å². The Hall–Kier alpha value is -2.34. The second kappa shape index (κ2) is 6.62. The summed E-state index contributed by atoms with van der Waals surface area (Å²) < 4.78 is 41.3. The Morgan fingerprint density at radius 2 is 1.86 bits per heavy atom. The first-order valence-electron chi connectivity index (χ1n) is 6.65. The van der Waals surface area contributed by atoms with Crippen LogP contribution >= 0.6 is 0 Å². The van der Waals surface area contributed by atoms with Gasteiger partial charge in [-0.15, -0.1) is 0 Å². The van der Waals surface area contributed by atoms with Gasteiger partial charge in [-0.2, -0.15) is 0 Å². The summed E-state index contributed by atoms with van der Waals surface area (Å²) in [7, 11) is 0. The van der Waals surface area contributed by atoms with Crippen molar-refractivity contribution in [2.45, 2.75) is 13.3 Å². The molecule has 22 heavy (non-hydrogen) atoms. The highest BCUT2D eigenvalue weighted by Gasteiger charge is 2.19. The fraction of sp³-hybridized carbons (Fsp3) is 0.188. The fourth-order valence-corrected chi connectivity index (χ4v) is 2.00. The van der Waals surface area contributed by atoms with Crippen molar-refractivity contribution in [1.29, 1.82) is 0 Å². The van der Waals surface area contributed by atoms with Crippen molar-refractivity contribution < 1.29 is 23.1 Å². The second-order valence-electron chi connectivity index (χ2n) is 4.66. The van der Waals surface area contributed by atoms with Crippen LogP contribution in [0.1, 0.15) is 22.8 Å². The zero-order chi connectivity index (χ0) is 16.3. The molecule has 0 bridgehead atoms. The summed E-state index contributed by atoms with van der Waals surface area (Å²) in [4.78, 5) is 11.6. The molecule has 6 heteroatoms. The molecular weight excluding hydrogens is 295 g/mol. The van der Waals surface area contributed by atoms with Crippen molar-refractivity contribution in [2.75, 3.05) is 11.9 Å². The predicted molar refractivity (Wildman–Crippen MR) is 76.8 cm³/mol. The van der Waals surface area contributed by atoms with Gasteiger partial charge in [-0.05, 0) is 36.2 Å². The van der Waals surface area contributed by atoms with Crippen LogP contribution in [0.5, 0.6) is 0 Å². The SMILES string of the molecule is CCc1ccc(Nc2c(C(=O)CO)ccc(F)c2F)c(F)c1. The minimum absolute atomic E-state index is 0.0892.